The van der Waals surface area contributed by atoms with Crippen LogP contribution < -0.4 is 9.47 Å². The van der Waals surface area contributed by atoms with Gasteiger partial charge in [0.1, 0.15) is 11.5 Å². The van der Waals surface area contributed by atoms with Crippen LogP contribution in [0.3, 0.4) is 0 Å². The van der Waals surface area contributed by atoms with Gasteiger partial charge in [0.25, 0.3) is 5.91 Å². The van der Waals surface area contributed by atoms with Gasteiger partial charge < -0.3 is 9.47 Å². The summed E-state index contributed by atoms with van der Waals surface area (Å²) in [4.78, 5) is 15.0. The number of para-hydroxylation sites is 2. The van der Waals surface area contributed by atoms with Gasteiger partial charge in [0.15, 0.2) is 0 Å². The lowest BCUT2D eigenvalue weighted by Crippen LogP contribution is -2.61. The third-order valence-corrected chi connectivity index (χ3v) is 4.83. The molecule has 3 aromatic carbocycles. The van der Waals surface area contributed by atoms with Crippen LogP contribution in [0.25, 0.3) is 6.08 Å². The molecule has 0 aliphatic carbocycles. The van der Waals surface area contributed by atoms with Gasteiger partial charge >= 0.3 is 5.91 Å². The molecule has 3 aromatic rings. The van der Waals surface area contributed by atoms with E-state index in [0.717, 1.165) is 11.1 Å². The molecule has 2 aliphatic rings. The highest BCUT2D eigenvalue weighted by molar-refractivity contribution is 5.98. The SMILES string of the molecule is O=C1c2ccccc2O[C@]2(C=Cc3ccccc3O2)N1Cc1ccccc1. The maximum absolute atomic E-state index is 13.3. The van der Waals surface area contributed by atoms with E-state index in [0.29, 0.717) is 23.6 Å². The highest BCUT2D eigenvalue weighted by Crippen LogP contribution is 2.40. The first-order valence-electron chi connectivity index (χ1n) is 8.86. The number of ether oxygens (including phenoxy) is 2. The van der Waals surface area contributed by atoms with Crippen LogP contribution in [-0.4, -0.2) is 16.7 Å². The Morgan fingerprint density at radius 2 is 1.44 bits per heavy atom. The van der Waals surface area contributed by atoms with Crippen LogP contribution in [0.2, 0.25) is 0 Å². The van der Waals surface area contributed by atoms with Crippen LogP contribution in [0.1, 0.15) is 21.5 Å². The molecule has 0 saturated carbocycles. The molecule has 1 amide bonds. The number of nitrogens with zero attached hydrogens (tertiary/aromatic N) is 1. The predicted molar refractivity (Wildman–Crippen MR) is 102 cm³/mol. The Labute approximate surface area is 157 Å². The Morgan fingerprint density at radius 1 is 0.778 bits per heavy atom. The van der Waals surface area contributed by atoms with E-state index in [2.05, 4.69) is 0 Å². The zero-order chi connectivity index (χ0) is 18.3. The molecule has 27 heavy (non-hydrogen) atoms. The molecular weight excluding hydrogens is 338 g/mol. The molecule has 0 bridgehead atoms. The fourth-order valence-corrected chi connectivity index (χ4v) is 3.48. The van der Waals surface area contributed by atoms with Crippen molar-refractivity contribution in [3.05, 3.63) is 102 Å². The molecule has 4 nitrogen and oxygen atoms in total. The molecule has 0 aromatic heterocycles. The maximum Gasteiger partial charge on any atom is 0.363 e. The summed E-state index contributed by atoms with van der Waals surface area (Å²) in [6.07, 6.45) is 3.75. The number of hydrogen-bond donors (Lipinski definition) is 0. The first kappa shape index (κ1) is 15.7. The van der Waals surface area contributed by atoms with Crippen molar-refractivity contribution in [1.29, 1.82) is 0 Å². The van der Waals surface area contributed by atoms with Crippen LogP contribution in [0, 0.1) is 0 Å². The lowest BCUT2D eigenvalue weighted by Gasteiger charge is -2.45. The van der Waals surface area contributed by atoms with Crippen molar-refractivity contribution < 1.29 is 14.3 Å². The van der Waals surface area contributed by atoms with Crippen molar-refractivity contribution in [2.75, 3.05) is 0 Å². The summed E-state index contributed by atoms with van der Waals surface area (Å²) in [5, 5.41) is 0. The highest BCUT2D eigenvalue weighted by Gasteiger charge is 2.49. The molecule has 5 rings (SSSR count). The second-order valence-electron chi connectivity index (χ2n) is 6.58. The zero-order valence-corrected chi connectivity index (χ0v) is 14.5. The Balaban J connectivity index is 1.62. The van der Waals surface area contributed by atoms with Gasteiger partial charge in [-0.15, -0.1) is 0 Å². The second kappa shape index (κ2) is 6.02. The molecule has 0 fully saturated rings. The van der Waals surface area contributed by atoms with E-state index in [9.17, 15) is 4.79 Å². The standard InChI is InChI=1S/C23H17NO3/c25-22-19-11-5-7-13-21(19)27-23(24(22)16-17-8-2-1-3-9-17)15-14-18-10-4-6-12-20(18)26-23/h1-15H,16H2/t23-/m1/s1. The largest absolute Gasteiger partial charge is 0.431 e. The van der Waals surface area contributed by atoms with Crippen LogP contribution in [0.4, 0.5) is 0 Å². The molecule has 0 unspecified atom stereocenters. The van der Waals surface area contributed by atoms with Crippen molar-refractivity contribution >= 4 is 12.0 Å². The lowest BCUT2D eigenvalue weighted by atomic mass is 10.1. The Morgan fingerprint density at radius 3 is 2.30 bits per heavy atom. The van der Waals surface area contributed by atoms with Gasteiger partial charge in [-0.2, -0.15) is 0 Å². The molecule has 2 heterocycles. The summed E-state index contributed by atoms with van der Waals surface area (Å²) < 4.78 is 12.5. The Kier molecular flexibility index (Phi) is 3.50. The molecule has 132 valence electrons. The number of carbonyl (C=O) groups is 1. The van der Waals surface area contributed by atoms with Gasteiger partial charge in [-0.1, -0.05) is 60.7 Å². The third-order valence-electron chi connectivity index (χ3n) is 4.83. The molecule has 4 heteroatoms. The predicted octanol–water partition coefficient (Wildman–Crippen LogP) is 4.48. The van der Waals surface area contributed by atoms with Crippen molar-refractivity contribution in [2.45, 2.75) is 12.5 Å². The quantitative estimate of drug-likeness (QED) is 0.680. The van der Waals surface area contributed by atoms with E-state index in [1.165, 1.54) is 0 Å². The van der Waals surface area contributed by atoms with Gasteiger partial charge in [-0.3, -0.25) is 9.69 Å². The van der Waals surface area contributed by atoms with Gasteiger partial charge in [0, 0.05) is 11.6 Å². The maximum atomic E-state index is 13.3. The van der Waals surface area contributed by atoms with Gasteiger partial charge in [0.05, 0.1) is 12.1 Å². The smallest absolute Gasteiger partial charge is 0.363 e. The fourth-order valence-electron chi connectivity index (χ4n) is 3.48. The molecule has 1 atom stereocenters. The van der Waals surface area contributed by atoms with E-state index < -0.39 is 5.91 Å². The Hall–Kier alpha value is -3.53. The highest BCUT2D eigenvalue weighted by atomic mass is 16.7. The summed E-state index contributed by atoms with van der Waals surface area (Å²) in [6, 6.07) is 24.8. The van der Waals surface area contributed by atoms with Gasteiger partial charge in [-0.05, 0) is 29.8 Å². The number of amides is 1. The normalized spacial score (nSPS) is 19.9. The van der Waals surface area contributed by atoms with E-state index in [4.69, 9.17) is 9.47 Å². The second-order valence-corrected chi connectivity index (χ2v) is 6.58. The van der Waals surface area contributed by atoms with E-state index in [-0.39, 0.29) is 5.91 Å². The number of benzene rings is 3. The average molecular weight is 355 g/mol. The summed E-state index contributed by atoms with van der Waals surface area (Å²) in [7, 11) is 0. The van der Waals surface area contributed by atoms with Gasteiger partial charge in [-0.25, -0.2) is 0 Å². The minimum absolute atomic E-state index is 0.121. The summed E-state index contributed by atoms with van der Waals surface area (Å²) in [5.41, 5.74) is 2.50. The molecule has 0 N–H and O–H groups in total. The molecule has 0 saturated heterocycles. The number of fused-ring (bicyclic) bond motifs is 2. The number of hydrogen-bond acceptors (Lipinski definition) is 3. The summed E-state index contributed by atoms with van der Waals surface area (Å²) in [5.74, 6) is -0.221. The van der Waals surface area contributed by atoms with Crippen LogP contribution in [0.15, 0.2) is 84.9 Å². The fraction of sp³-hybridized carbons (Fsp3) is 0.0870. The average Bonchev–Trinajstić information content (AvgIpc) is 2.72. The van der Waals surface area contributed by atoms with Crippen LogP contribution >= 0.6 is 0 Å². The van der Waals surface area contributed by atoms with Crippen LogP contribution in [0.5, 0.6) is 11.5 Å². The van der Waals surface area contributed by atoms with Crippen LogP contribution in [-0.2, 0) is 6.54 Å². The third kappa shape index (κ3) is 2.57. The minimum atomic E-state index is -1.31. The van der Waals surface area contributed by atoms with E-state index in [1.807, 2.05) is 78.9 Å². The minimum Gasteiger partial charge on any atom is -0.431 e. The monoisotopic (exact) mass is 355 g/mol. The number of carbonyl (C=O) groups excluding carboxylic acids is 1. The first-order valence-corrected chi connectivity index (χ1v) is 8.86. The topological polar surface area (TPSA) is 38.8 Å². The lowest BCUT2D eigenvalue weighted by molar-refractivity contribution is -0.178. The summed E-state index contributed by atoms with van der Waals surface area (Å²) in [6.45, 7) is 0.376. The molecule has 1 spiro atoms. The molecule has 2 aliphatic heterocycles. The molecular formula is C23H17NO3. The van der Waals surface area contributed by atoms with E-state index >= 15 is 0 Å². The van der Waals surface area contributed by atoms with Gasteiger partial charge in [0.2, 0.25) is 0 Å². The van der Waals surface area contributed by atoms with Crippen molar-refractivity contribution in [3.8, 4) is 11.5 Å². The molecule has 0 radical (unpaired) electrons. The van der Waals surface area contributed by atoms with E-state index in [1.54, 1.807) is 17.0 Å². The van der Waals surface area contributed by atoms with Crippen molar-refractivity contribution in [3.63, 3.8) is 0 Å². The Bertz CT molecular complexity index is 1040. The number of rotatable bonds is 2. The van der Waals surface area contributed by atoms with Crippen molar-refractivity contribution in [2.24, 2.45) is 0 Å². The summed E-state index contributed by atoms with van der Waals surface area (Å²) >= 11 is 0. The first-order chi connectivity index (χ1) is 13.3. The van der Waals surface area contributed by atoms with Crippen molar-refractivity contribution in [1.82, 2.24) is 4.90 Å². The zero-order valence-electron chi connectivity index (χ0n) is 14.5.